The van der Waals surface area contributed by atoms with E-state index in [4.69, 9.17) is 10.5 Å². The fourth-order valence-electron chi connectivity index (χ4n) is 2.60. The molecule has 0 unspecified atom stereocenters. The van der Waals surface area contributed by atoms with Crippen molar-refractivity contribution in [2.45, 2.75) is 20.0 Å². The smallest absolute Gasteiger partial charge is 0.119 e. The molecular weight excluding hydrogens is 260 g/mol. The molecule has 1 aromatic heterocycles. The number of nitrogens with two attached hydrogens (primary N) is 1. The molecular formula is C18H20N2O. The second-order valence-electron chi connectivity index (χ2n) is 5.22. The molecule has 2 N–H and O–H groups in total. The van der Waals surface area contributed by atoms with Gasteiger partial charge in [0.15, 0.2) is 0 Å². The molecule has 0 saturated heterocycles. The fourth-order valence-corrected chi connectivity index (χ4v) is 2.60. The number of aryl methyl sites for hydroxylation is 1. The molecule has 3 nitrogen and oxygen atoms in total. The molecule has 0 saturated carbocycles. The molecule has 0 atom stereocenters. The van der Waals surface area contributed by atoms with Crippen LogP contribution in [0.2, 0.25) is 0 Å². The molecule has 3 heteroatoms. The highest BCUT2D eigenvalue weighted by molar-refractivity contribution is 5.83. The van der Waals surface area contributed by atoms with Crippen LogP contribution in [0, 0.1) is 6.92 Å². The van der Waals surface area contributed by atoms with Crippen molar-refractivity contribution in [3.8, 4) is 5.75 Å². The van der Waals surface area contributed by atoms with Crippen molar-refractivity contribution < 1.29 is 4.74 Å². The number of rotatable bonds is 5. The molecule has 0 aliphatic heterocycles. The second kappa shape index (κ2) is 6.02. The van der Waals surface area contributed by atoms with Crippen LogP contribution in [0.15, 0.2) is 54.7 Å². The van der Waals surface area contributed by atoms with Gasteiger partial charge in [-0.1, -0.05) is 30.3 Å². The molecule has 0 aliphatic carbocycles. The summed E-state index contributed by atoms with van der Waals surface area (Å²) in [5.74, 6) is 0.889. The Morgan fingerprint density at radius 2 is 1.81 bits per heavy atom. The highest BCUT2D eigenvalue weighted by Crippen LogP contribution is 2.20. The molecule has 1 heterocycles. The Kier molecular flexibility index (Phi) is 3.93. The first-order chi connectivity index (χ1) is 10.3. The molecule has 0 fully saturated rings. The minimum Gasteiger partial charge on any atom is -0.492 e. The van der Waals surface area contributed by atoms with Crippen molar-refractivity contribution in [3.63, 3.8) is 0 Å². The minimum absolute atomic E-state index is 0.564. The Labute approximate surface area is 125 Å². The normalized spacial score (nSPS) is 11.0. The Balaban J connectivity index is 1.66. The van der Waals surface area contributed by atoms with E-state index in [0.717, 1.165) is 17.9 Å². The second-order valence-corrected chi connectivity index (χ2v) is 5.22. The van der Waals surface area contributed by atoms with Gasteiger partial charge in [-0.3, -0.25) is 0 Å². The number of aromatic nitrogens is 1. The lowest BCUT2D eigenvalue weighted by Crippen LogP contribution is -2.07. The van der Waals surface area contributed by atoms with Crippen molar-refractivity contribution in [2.24, 2.45) is 5.73 Å². The molecule has 2 aromatic carbocycles. The topological polar surface area (TPSA) is 40.2 Å². The van der Waals surface area contributed by atoms with Gasteiger partial charge in [0, 0.05) is 23.6 Å². The first-order valence-electron chi connectivity index (χ1n) is 7.24. The van der Waals surface area contributed by atoms with Gasteiger partial charge in [-0.15, -0.1) is 0 Å². The van der Waals surface area contributed by atoms with Crippen molar-refractivity contribution in [1.29, 1.82) is 0 Å². The van der Waals surface area contributed by atoms with E-state index >= 15 is 0 Å². The van der Waals surface area contributed by atoms with Crippen LogP contribution in [0.1, 0.15) is 11.1 Å². The number of fused-ring (bicyclic) bond motifs is 1. The molecule has 0 radical (unpaired) electrons. The van der Waals surface area contributed by atoms with E-state index in [9.17, 15) is 0 Å². The Morgan fingerprint density at radius 3 is 2.57 bits per heavy atom. The highest BCUT2D eigenvalue weighted by Gasteiger charge is 2.04. The summed E-state index contributed by atoms with van der Waals surface area (Å²) in [4.78, 5) is 0. The number of benzene rings is 2. The zero-order valence-electron chi connectivity index (χ0n) is 12.3. The van der Waals surface area contributed by atoms with E-state index in [0.29, 0.717) is 13.2 Å². The van der Waals surface area contributed by atoms with Crippen molar-refractivity contribution in [3.05, 3.63) is 65.9 Å². The number of hydrogen-bond acceptors (Lipinski definition) is 2. The summed E-state index contributed by atoms with van der Waals surface area (Å²) in [5, 5.41) is 1.31. The highest BCUT2D eigenvalue weighted by atomic mass is 16.5. The zero-order valence-corrected chi connectivity index (χ0v) is 12.3. The van der Waals surface area contributed by atoms with Crippen LogP contribution in [0.5, 0.6) is 5.75 Å². The van der Waals surface area contributed by atoms with Crippen molar-refractivity contribution in [1.82, 2.24) is 4.57 Å². The van der Waals surface area contributed by atoms with Crippen molar-refractivity contribution >= 4 is 10.9 Å². The van der Waals surface area contributed by atoms with E-state index < -0.39 is 0 Å². The van der Waals surface area contributed by atoms with Gasteiger partial charge in [-0.05, 0) is 36.2 Å². The van der Waals surface area contributed by atoms with Gasteiger partial charge < -0.3 is 15.0 Å². The molecule has 0 bridgehead atoms. The summed E-state index contributed by atoms with van der Waals surface area (Å²) in [6.45, 7) is 4.20. The van der Waals surface area contributed by atoms with E-state index in [1.165, 1.54) is 16.5 Å². The maximum Gasteiger partial charge on any atom is 0.119 e. The van der Waals surface area contributed by atoms with Gasteiger partial charge in [0.2, 0.25) is 0 Å². The summed E-state index contributed by atoms with van der Waals surface area (Å²) in [6, 6.07) is 16.4. The van der Waals surface area contributed by atoms with E-state index in [1.807, 2.05) is 24.3 Å². The lowest BCUT2D eigenvalue weighted by molar-refractivity contribution is 0.300. The lowest BCUT2D eigenvalue weighted by Gasteiger charge is -2.08. The molecule has 21 heavy (non-hydrogen) atoms. The van der Waals surface area contributed by atoms with Crippen LogP contribution in [-0.4, -0.2) is 11.2 Å². The summed E-state index contributed by atoms with van der Waals surface area (Å²) < 4.78 is 8.05. The summed E-state index contributed by atoms with van der Waals surface area (Å²) in [5.41, 5.74) is 9.27. The Morgan fingerprint density at radius 1 is 1.05 bits per heavy atom. The minimum atomic E-state index is 0.564. The van der Waals surface area contributed by atoms with Crippen molar-refractivity contribution in [2.75, 3.05) is 6.61 Å². The summed E-state index contributed by atoms with van der Waals surface area (Å²) in [6.07, 6.45) is 2.19. The van der Waals surface area contributed by atoms with E-state index in [1.54, 1.807) is 0 Å². The lowest BCUT2D eigenvalue weighted by atomic mass is 10.2. The predicted octanol–water partition coefficient (Wildman–Crippen LogP) is 3.49. The van der Waals surface area contributed by atoms with E-state index in [-0.39, 0.29) is 0 Å². The van der Waals surface area contributed by atoms with Gasteiger partial charge in [0.05, 0.1) is 6.54 Å². The number of ether oxygens (including phenoxy) is 1. The fraction of sp³-hybridized carbons (Fsp3) is 0.222. The third kappa shape index (κ3) is 2.93. The van der Waals surface area contributed by atoms with Gasteiger partial charge in [0.1, 0.15) is 12.4 Å². The van der Waals surface area contributed by atoms with Crippen LogP contribution in [0.25, 0.3) is 10.9 Å². The largest absolute Gasteiger partial charge is 0.492 e. The summed E-state index contributed by atoms with van der Waals surface area (Å²) >= 11 is 0. The first-order valence-corrected chi connectivity index (χ1v) is 7.24. The zero-order chi connectivity index (χ0) is 14.7. The van der Waals surface area contributed by atoms with Crippen LogP contribution >= 0.6 is 0 Å². The van der Waals surface area contributed by atoms with Gasteiger partial charge in [0.25, 0.3) is 0 Å². The predicted molar refractivity (Wildman–Crippen MR) is 86.5 cm³/mol. The first kappa shape index (κ1) is 13.7. The maximum absolute atomic E-state index is 5.81. The number of nitrogens with zero attached hydrogens (tertiary/aromatic N) is 1. The Bertz CT molecular complexity index is 729. The molecule has 0 spiro atoms. The van der Waals surface area contributed by atoms with Gasteiger partial charge in [-0.25, -0.2) is 0 Å². The SMILES string of the molecule is Cc1cn(CCOc2ccc(CN)cc2)c2ccccc12. The monoisotopic (exact) mass is 280 g/mol. The average molecular weight is 280 g/mol. The van der Waals surface area contributed by atoms with Gasteiger partial charge >= 0.3 is 0 Å². The van der Waals surface area contributed by atoms with Gasteiger partial charge in [-0.2, -0.15) is 0 Å². The third-order valence-corrected chi connectivity index (χ3v) is 3.75. The van der Waals surface area contributed by atoms with Crippen LogP contribution in [0.4, 0.5) is 0 Å². The maximum atomic E-state index is 5.81. The van der Waals surface area contributed by atoms with Crippen LogP contribution in [0.3, 0.4) is 0 Å². The molecule has 0 aliphatic rings. The standard InChI is InChI=1S/C18H20N2O/c1-14-13-20(18-5-3-2-4-17(14)18)10-11-21-16-8-6-15(12-19)7-9-16/h2-9,13H,10-12,19H2,1H3. The number of hydrogen-bond donors (Lipinski definition) is 1. The quantitative estimate of drug-likeness (QED) is 0.777. The van der Waals surface area contributed by atoms with Crippen LogP contribution in [-0.2, 0) is 13.1 Å². The average Bonchev–Trinajstić information content (AvgIpc) is 2.85. The summed E-state index contributed by atoms with van der Waals surface area (Å²) in [7, 11) is 0. The molecule has 3 aromatic rings. The number of para-hydroxylation sites is 1. The molecule has 0 amide bonds. The van der Waals surface area contributed by atoms with E-state index in [2.05, 4.69) is 42.0 Å². The molecule has 108 valence electrons. The molecule has 3 rings (SSSR count). The van der Waals surface area contributed by atoms with Crippen LogP contribution < -0.4 is 10.5 Å². The third-order valence-electron chi connectivity index (χ3n) is 3.75. The Hall–Kier alpha value is -2.26.